The van der Waals surface area contributed by atoms with Gasteiger partial charge in [0.05, 0.1) is 5.69 Å². The van der Waals surface area contributed by atoms with Crippen LogP contribution in [0, 0.1) is 12.8 Å². The lowest BCUT2D eigenvalue weighted by molar-refractivity contribution is -0.122. The van der Waals surface area contributed by atoms with Gasteiger partial charge in [0.25, 0.3) is 0 Å². The Labute approximate surface area is 130 Å². The number of amides is 1. The zero-order chi connectivity index (χ0) is 13.8. The first-order chi connectivity index (χ1) is 9.08. The highest BCUT2D eigenvalue weighted by atomic mass is 35.5. The van der Waals surface area contributed by atoms with Crippen molar-refractivity contribution in [3.05, 3.63) is 16.5 Å². The van der Waals surface area contributed by atoms with Crippen molar-refractivity contribution in [3.63, 3.8) is 0 Å². The lowest BCUT2D eigenvalue weighted by Gasteiger charge is -2.30. The van der Waals surface area contributed by atoms with Gasteiger partial charge in [0.15, 0.2) is 0 Å². The number of halogens is 2. The normalized spacial score (nSPS) is 22.1. The fourth-order valence-corrected chi connectivity index (χ4v) is 2.61. The Morgan fingerprint density at radius 2 is 2.35 bits per heavy atom. The molecule has 7 heteroatoms. The topological polar surface area (TPSA) is 67.2 Å². The summed E-state index contributed by atoms with van der Waals surface area (Å²) in [5.74, 6) is 0.573. The minimum Gasteiger partial charge on any atom is -0.352 e. The van der Waals surface area contributed by atoms with Crippen molar-refractivity contribution in [1.29, 1.82) is 0 Å². The van der Waals surface area contributed by atoms with E-state index >= 15 is 0 Å². The SMILES string of the molecule is Cc1noc(Cl)c1CCC(=O)NC1CNCCC1C.Cl. The predicted octanol–water partition coefficient (Wildman–Crippen LogP) is 2.11. The molecule has 1 aromatic heterocycles. The molecule has 0 aromatic carbocycles. The van der Waals surface area contributed by atoms with Gasteiger partial charge in [-0.25, -0.2) is 0 Å². The summed E-state index contributed by atoms with van der Waals surface area (Å²) in [7, 11) is 0. The van der Waals surface area contributed by atoms with Crippen LogP contribution >= 0.6 is 24.0 Å². The minimum absolute atomic E-state index is 0. The fourth-order valence-electron chi connectivity index (χ4n) is 2.34. The van der Waals surface area contributed by atoms with Crippen LogP contribution in [0.4, 0.5) is 0 Å². The van der Waals surface area contributed by atoms with Crippen molar-refractivity contribution in [2.45, 2.75) is 39.2 Å². The first-order valence-electron chi connectivity index (χ1n) is 6.68. The minimum atomic E-state index is 0. The van der Waals surface area contributed by atoms with Gasteiger partial charge in [-0.2, -0.15) is 0 Å². The van der Waals surface area contributed by atoms with Crippen LogP contribution in [0.3, 0.4) is 0 Å². The van der Waals surface area contributed by atoms with Gasteiger partial charge in [-0.05, 0) is 43.8 Å². The molecule has 0 aliphatic carbocycles. The maximum absolute atomic E-state index is 11.9. The third-order valence-corrected chi connectivity index (χ3v) is 4.01. The van der Waals surface area contributed by atoms with Crippen LogP contribution in [0.1, 0.15) is 31.0 Å². The molecule has 2 rings (SSSR count). The van der Waals surface area contributed by atoms with Gasteiger partial charge in [0, 0.05) is 24.6 Å². The molecule has 1 aliphatic rings. The highest BCUT2D eigenvalue weighted by Gasteiger charge is 2.22. The first-order valence-corrected chi connectivity index (χ1v) is 7.06. The van der Waals surface area contributed by atoms with Crippen molar-refractivity contribution in [3.8, 4) is 0 Å². The van der Waals surface area contributed by atoms with Crippen molar-refractivity contribution < 1.29 is 9.32 Å². The number of nitrogens with zero attached hydrogens (tertiary/aromatic N) is 1. The number of carbonyl (C=O) groups is 1. The largest absolute Gasteiger partial charge is 0.352 e. The number of nitrogens with one attached hydrogen (secondary N) is 2. The third-order valence-electron chi connectivity index (χ3n) is 3.71. The molecular weight excluding hydrogens is 301 g/mol. The average molecular weight is 322 g/mol. The highest BCUT2D eigenvalue weighted by molar-refractivity contribution is 6.29. The van der Waals surface area contributed by atoms with Crippen LogP contribution in [0.2, 0.25) is 5.22 Å². The summed E-state index contributed by atoms with van der Waals surface area (Å²) in [6, 6.07) is 0.222. The quantitative estimate of drug-likeness (QED) is 0.891. The molecule has 1 saturated heterocycles. The molecule has 2 N–H and O–H groups in total. The molecule has 0 spiro atoms. The Hall–Kier alpha value is -0.780. The van der Waals surface area contributed by atoms with E-state index in [-0.39, 0.29) is 29.6 Å². The number of carbonyl (C=O) groups excluding carboxylic acids is 1. The summed E-state index contributed by atoms with van der Waals surface area (Å²) in [6.45, 7) is 5.88. The number of piperidine rings is 1. The van der Waals surface area contributed by atoms with E-state index in [9.17, 15) is 4.79 Å². The summed E-state index contributed by atoms with van der Waals surface area (Å²) < 4.78 is 4.87. The molecular formula is C13H21Cl2N3O2. The molecule has 1 aromatic rings. The van der Waals surface area contributed by atoms with E-state index < -0.39 is 0 Å². The fraction of sp³-hybridized carbons (Fsp3) is 0.692. The zero-order valence-electron chi connectivity index (χ0n) is 11.7. The standard InChI is InChI=1S/C13H20ClN3O2.ClH/c1-8-5-6-15-7-11(8)16-12(18)4-3-10-9(2)17-19-13(10)14;/h8,11,15H,3-7H2,1-2H3,(H,16,18);1H. The van der Waals surface area contributed by atoms with E-state index in [4.69, 9.17) is 16.1 Å². The molecule has 1 fully saturated rings. The van der Waals surface area contributed by atoms with E-state index in [1.54, 1.807) is 0 Å². The van der Waals surface area contributed by atoms with Gasteiger partial charge >= 0.3 is 0 Å². The van der Waals surface area contributed by atoms with Gasteiger partial charge in [-0.3, -0.25) is 4.79 Å². The van der Waals surface area contributed by atoms with Gasteiger partial charge in [-0.15, -0.1) is 12.4 Å². The Kier molecular flexibility index (Phi) is 6.79. The van der Waals surface area contributed by atoms with E-state index in [2.05, 4.69) is 22.7 Å². The maximum Gasteiger partial charge on any atom is 0.229 e. The smallest absolute Gasteiger partial charge is 0.229 e. The molecule has 0 saturated carbocycles. The summed E-state index contributed by atoms with van der Waals surface area (Å²) >= 11 is 5.87. The van der Waals surface area contributed by atoms with E-state index in [1.807, 2.05) is 6.92 Å². The summed E-state index contributed by atoms with van der Waals surface area (Å²) in [5, 5.41) is 10.4. The monoisotopic (exact) mass is 321 g/mol. The summed E-state index contributed by atoms with van der Waals surface area (Å²) in [6.07, 6.45) is 2.07. The maximum atomic E-state index is 11.9. The summed E-state index contributed by atoms with van der Waals surface area (Å²) in [4.78, 5) is 11.9. The molecule has 2 heterocycles. The Morgan fingerprint density at radius 3 is 2.95 bits per heavy atom. The summed E-state index contributed by atoms with van der Waals surface area (Å²) in [5.41, 5.74) is 1.58. The van der Waals surface area contributed by atoms with Crippen LogP contribution in [0.25, 0.3) is 0 Å². The molecule has 1 aliphatic heterocycles. The highest BCUT2D eigenvalue weighted by Crippen LogP contribution is 2.20. The number of aromatic nitrogens is 1. The van der Waals surface area contributed by atoms with E-state index in [0.717, 1.165) is 30.8 Å². The third kappa shape index (κ3) is 4.36. The van der Waals surface area contributed by atoms with Crippen LogP contribution in [0.15, 0.2) is 4.52 Å². The first kappa shape index (κ1) is 17.3. The second-order valence-corrected chi connectivity index (χ2v) is 5.51. The van der Waals surface area contributed by atoms with Gasteiger partial charge in [0.2, 0.25) is 11.1 Å². The number of hydrogen-bond acceptors (Lipinski definition) is 4. The van der Waals surface area contributed by atoms with Crippen LogP contribution in [-0.2, 0) is 11.2 Å². The van der Waals surface area contributed by atoms with Crippen LogP contribution in [-0.4, -0.2) is 30.2 Å². The Bertz CT molecular complexity index is 431. The van der Waals surface area contributed by atoms with E-state index in [1.165, 1.54) is 0 Å². The van der Waals surface area contributed by atoms with Gasteiger partial charge in [0.1, 0.15) is 0 Å². The average Bonchev–Trinajstić information content (AvgIpc) is 2.70. The number of aryl methyl sites for hydroxylation is 1. The van der Waals surface area contributed by atoms with Crippen molar-refractivity contribution in [2.24, 2.45) is 5.92 Å². The van der Waals surface area contributed by atoms with Crippen molar-refractivity contribution >= 4 is 29.9 Å². The van der Waals surface area contributed by atoms with Crippen molar-refractivity contribution in [1.82, 2.24) is 15.8 Å². The lowest BCUT2D eigenvalue weighted by atomic mass is 9.94. The number of hydrogen-bond donors (Lipinski definition) is 2. The van der Waals surface area contributed by atoms with Crippen molar-refractivity contribution in [2.75, 3.05) is 13.1 Å². The van der Waals surface area contributed by atoms with Crippen LogP contribution in [0.5, 0.6) is 0 Å². The molecule has 1 amide bonds. The number of rotatable bonds is 4. The lowest BCUT2D eigenvalue weighted by Crippen LogP contribution is -2.50. The molecule has 0 radical (unpaired) electrons. The van der Waals surface area contributed by atoms with Crippen LogP contribution < -0.4 is 10.6 Å². The van der Waals surface area contributed by atoms with Gasteiger partial charge in [-0.1, -0.05) is 12.1 Å². The Morgan fingerprint density at radius 1 is 1.60 bits per heavy atom. The second-order valence-electron chi connectivity index (χ2n) is 5.16. The Balaban J connectivity index is 0.00000200. The van der Waals surface area contributed by atoms with E-state index in [0.29, 0.717) is 18.8 Å². The predicted molar refractivity (Wildman–Crippen MR) is 80.4 cm³/mol. The molecule has 114 valence electrons. The molecule has 20 heavy (non-hydrogen) atoms. The van der Waals surface area contributed by atoms with Gasteiger partial charge < -0.3 is 15.2 Å². The molecule has 2 unspecified atom stereocenters. The molecule has 0 bridgehead atoms. The molecule has 2 atom stereocenters. The second kappa shape index (κ2) is 7.86. The zero-order valence-corrected chi connectivity index (χ0v) is 13.3. The molecule has 5 nitrogen and oxygen atoms in total.